The smallest absolute Gasteiger partial charge is 0.338 e. The van der Waals surface area contributed by atoms with E-state index < -0.39 is 21.7 Å². The number of carbonyl (C=O) groups excluding carboxylic acids is 2. The van der Waals surface area contributed by atoms with Gasteiger partial charge in [-0.25, -0.2) is 8.42 Å². The standard InChI is InChI=1S/C20H32BrN5O4S/c1-2-3-4-5-6-7-13-31(29,30)26-17-10-9-15(21)14-16(17)18(27)19(28)24-11-8-12-25-20(22)23/h9-10,14,26H,2-8,11-13H2,1H3,(H,24,28)(H4,22,23,25)/p+1. The van der Waals surface area contributed by atoms with Crippen molar-refractivity contribution in [2.45, 2.75) is 51.9 Å². The fraction of sp³-hybridized carbons (Fsp3) is 0.550. The minimum absolute atomic E-state index is 0.0175. The summed E-state index contributed by atoms with van der Waals surface area (Å²) in [5.41, 5.74) is 10.6. The Morgan fingerprint density at radius 1 is 1.06 bits per heavy atom. The average molecular weight is 519 g/mol. The van der Waals surface area contributed by atoms with Gasteiger partial charge in [0.2, 0.25) is 10.0 Å². The van der Waals surface area contributed by atoms with Crippen LogP contribution in [-0.2, 0) is 14.8 Å². The van der Waals surface area contributed by atoms with Crippen LogP contribution >= 0.6 is 15.9 Å². The first-order valence-corrected chi connectivity index (χ1v) is 12.8. The Kier molecular flexibility index (Phi) is 12.2. The van der Waals surface area contributed by atoms with Crippen molar-refractivity contribution in [3.05, 3.63) is 28.2 Å². The summed E-state index contributed by atoms with van der Waals surface area (Å²) >= 11 is 3.26. The van der Waals surface area contributed by atoms with Crippen LogP contribution in [-0.4, -0.2) is 44.9 Å². The third-order valence-corrected chi connectivity index (χ3v) is 6.28. The number of nitrogens with two attached hydrogens (primary N) is 2. The van der Waals surface area contributed by atoms with Crippen LogP contribution in [0.5, 0.6) is 0 Å². The molecule has 0 atom stereocenters. The molecule has 1 amide bonds. The predicted molar refractivity (Wildman–Crippen MR) is 126 cm³/mol. The Hall–Kier alpha value is -2.14. The number of rotatable bonds is 15. The highest BCUT2D eigenvalue weighted by atomic mass is 79.9. The third kappa shape index (κ3) is 11.2. The van der Waals surface area contributed by atoms with E-state index in [1.54, 1.807) is 6.07 Å². The lowest BCUT2D eigenvalue weighted by atomic mass is 10.1. The van der Waals surface area contributed by atoms with E-state index in [-0.39, 0.29) is 29.5 Å². The molecule has 0 aliphatic heterocycles. The second-order valence-electron chi connectivity index (χ2n) is 7.20. The molecule has 0 unspecified atom stereocenters. The Labute approximate surface area is 192 Å². The van der Waals surface area contributed by atoms with E-state index in [1.165, 1.54) is 12.1 Å². The van der Waals surface area contributed by atoms with Crippen molar-refractivity contribution in [1.29, 1.82) is 0 Å². The fourth-order valence-corrected chi connectivity index (χ4v) is 4.37. The molecule has 1 aromatic carbocycles. The highest BCUT2D eigenvalue weighted by Crippen LogP contribution is 2.23. The monoisotopic (exact) mass is 518 g/mol. The Balaban J connectivity index is 2.72. The van der Waals surface area contributed by atoms with Crippen molar-refractivity contribution in [2.24, 2.45) is 11.5 Å². The molecule has 9 nitrogen and oxygen atoms in total. The van der Waals surface area contributed by atoms with Crippen LogP contribution in [0.15, 0.2) is 22.7 Å². The number of anilines is 1. The number of sulfonamides is 1. The molecule has 7 N–H and O–H groups in total. The average Bonchev–Trinajstić information content (AvgIpc) is 2.70. The first-order valence-electron chi connectivity index (χ1n) is 10.4. The first kappa shape index (κ1) is 26.9. The molecule has 0 saturated heterocycles. The van der Waals surface area contributed by atoms with Crippen molar-refractivity contribution in [3.63, 3.8) is 0 Å². The van der Waals surface area contributed by atoms with Crippen LogP contribution < -0.4 is 26.5 Å². The minimum Gasteiger partial charge on any atom is -0.349 e. The number of guanidine groups is 1. The highest BCUT2D eigenvalue weighted by Gasteiger charge is 2.22. The zero-order valence-electron chi connectivity index (χ0n) is 17.9. The molecule has 0 fully saturated rings. The number of hydrogen-bond donors (Lipinski definition) is 5. The van der Waals surface area contributed by atoms with Crippen molar-refractivity contribution in [3.8, 4) is 0 Å². The van der Waals surface area contributed by atoms with Gasteiger partial charge in [0.05, 0.1) is 23.5 Å². The van der Waals surface area contributed by atoms with Gasteiger partial charge in [-0.3, -0.25) is 30.8 Å². The summed E-state index contributed by atoms with van der Waals surface area (Å²) in [6, 6.07) is 4.50. The second-order valence-corrected chi connectivity index (χ2v) is 9.96. The van der Waals surface area contributed by atoms with Crippen molar-refractivity contribution < 1.29 is 23.0 Å². The molecule has 0 bridgehead atoms. The second kappa shape index (κ2) is 14.0. The van der Waals surface area contributed by atoms with Gasteiger partial charge in [-0.2, -0.15) is 0 Å². The molecule has 31 heavy (non-hydrogen) atoms. The molecule has 0 saturated carbocycles. The summed E-state index contributed by atoms with van der Waals surface area (Å²) in [5.74, 6) is -1.60. The number of halogens is 1. The molecule has 11 heteroatoms. The summed E-state index contributed by atoms with van der Waals surface area (Å²) < 4.78 is 27.9. The maximum atomic E-state index is 12.6. The van der Waals surface area contributed by atoms with Gasteiger partial charge in [-0.1, -0.05) is 55.0 Å². The van der Waals surface area contributed by atoms with Crippen LogP contribution in [0, 0.1) is 0 Å². The van der Waals surface area contributed by atoms with Crippen LogP contribution in [0.2, 0.25) is 0 Å². The van der Waals surface area contributed by atoms with Gasteiger partial charge in [-0.05, 0) is 31.0 Å². The summed E-state index contributed by atoms with van der Waals surface area (Å²) in [5, 5.41) is 2.51. The molecule has 1 aromatic rings. The molecule has 0 aliphatic rings. The molecule has 174 valence electrons. The summed E-state index contributed by atoms with van der Waals surface area (Å²) in [6.07, 6.45) is 6.25. The van der Waals surface area contributed by atoms with E-state index in [0.29, 0.717) is 23.9 Å². The maximum Gasteiger partial charge on any atom is 0.338 e. The zero-order valence-corrected chi connectivity index (χ0v) is 20.3. The van der Waals surface area contributed by atoms with Gasteiger partial charge < -0.3 is 5.32 Å². The van der Waals surface area contributed by atoms with Crippen molar-refractivity contribution in [1.82, 2.24) is 5.32 Å². The Morgan fingerprint density at radius 3 is 2.42 bits per heavy atom. The summed E-state index contributed by atoms with van der Waals surface area (Å²) in [6.45, 7) is 2.80. The molecule has 1 rings (SSSR count). The highest BCUT2D eigenvalue weighted by molar-refractivity contribution is 9.10. The number of nitrogens with one attached hydrogen (secondary N) is 3. The summed E-state index contributed by atoms with van der Waals surface area (Å²) in [7, 11) is -3.64. The number of Topliss-reactive ketones (excluding diaryl/α,β-unsaturated/α-hetero) is 1. The van der Waals surface area contributed by atoms with Gasteiger partial charge in [-0.15, -0.1) is 0 Å². The van der Waals surface area contributed by atoms with Gasteiger partial charge in [0.1, 0.15) is 0 Å². The van der Waals surface area contributed by atoms with Crippen LogP contribution in [0.3, 0.4) is 0 Å². The number of amides is 1. The number of hydrogen-bond acceptors (Lipinski definition) is 4. The van der Waals surface area contributed by atoms with E-state index in [0.717, 1.165) is 32.1 Å². The fourth-order valence-electron chi connectivity index (χ4n) is 2.81. The van der Waals surface area contributed by atoms with E-state index in [1.807, 2.05) is 0 Å². The third-order valence-electron chi connectivity index (χ3n) is 4.43. The number of ketones is 1. The van der Waals surface area contributed by atoms with E-state index in [9.17, 15) is 18.0 Å². The molecular weight excluding hydrogens is 486 g/mol. The predicted octanol–water partition coefficient (Wildman–Crippen LogP) is 0.594. The minimum atomic E-state index is -3.64. The first-order chi connectivity index (χ1) is 14.7. The molecular formula is C20H33BrN5O4S+. The van der Waals surface area contributed by atoms with Crippen LogP contribution in [0.25, 0.3) is 0 Å². The van der Waals surface area contributed by atoms with Gasteiger partial charge in [0.15, 0.2) is 0 Å². The molecule has 0 aliphatic carbocycles. The van der Waals surface area contributed by atoms with Gasteiger partial charge in [0.25, 0.3) is 11.7 Å². The van der Waals surface area contributed by atoms with Crippen LogP contribution in [0.4, 0.5) is 5.69 Å². The lowest BCUT2D eigenvalue weighted by Crippen LogP contribution is -2.78. The van der Waals surface area contributed by atoms with E-state index in [2.05, 4.69) is 37.9 Å². The topological polar surface area (TPSA) is 158 Å². The number of benzene rings is 1. The largest absolute Gasteiger partial charge is 0.349 e. The molecule has 0 spiro atoms. The summed E-state index contributed by atoms with van der Waals surface area (Å²) in [4.78, 5) is 27.6. The van der Waals surface area contributed by atoms with Gasteiger partial charge in [0, 0.05) is 11.0 Å². The normalized spacial score (nSPS) is 11.0. The molecule has 0 aromatic heterocycles. The number of carbonyl (C=O) groups is 2. The maximum absolute atomic E-state index is 12.6. The SMILES string of the molecule is CCCCCCCCS(=O)(=O)Nc1ccc(Br)cc1C(=O)C(=O)NCCC[NH+]=C(N)N. The Bertz CT molecular complexity index is 870. The Morgan fingerprint density at radius 2 is 1.74 bits per heavy atom. The van der Waals surface area contributed by atoms with Crippen LogP contribution in [0.1, 0.15) is 62.2 Å². The van der Waals surface area contributed by atoms with E-state index in [4.69, 9.17) is 11.5 Å². The van der Waals surface area contributed by atoms with E-state index >= 15 is 0 Å². The quantitative estimate of drug-likeness (QED) is 0.0750. The number of unbranched alkanes of at least 4 members (excludes halogenated alkanes) is 5. The lowest BCUT2D eigenvalue weighted by Gasteiger charge is -2.13. The molecule has 0 heterocycles. The zero-order chi connectivity index (χ0) is 23.3. The van der Waals surface area contributed by atoms with Crippen molar-refractivity contribution >= 4 is 49.3 Å². The molecule has 0 radical (unpaired) electrons. The lowest BCUT2D eigenvalue weighted by molar-refractivity contribution is -0.459. The van der Waals surface area contributed by atoms with Gasteiger partial charge >= 0.3 is 5.96 Å². The van der Waals surface area contributed by atoms with Crippen molar-refractivity contribution in [2.75, 3.05) is 23.6 Å².